The first-order valence-corrected chi connectivity index (χ1v) is 12.8. The van der Waals surface area contributed by atoms with Crippen molar-refractivity contribution in [3.05, 3.63) is 59.2 Å². The van der Waals surface area contributed by atoms with Gasteiger partial charge in [0, 0.05) is 30.7 Å². The zero-order chi connectivity index (χ0) is 25.0. The minimum Gasteiger partial charge on any atom is -0.452 e. The number of fused-ring (bicyclic) bond motifs is 1. The number of ether oxygens (including phenoxy) is 1. The van der Waals surface area contributed by atoms with E-state index in [2.05, 4.69) is 10.1 Å². The number of esters is 1. The molecule has 0 radical (unpaired) electrons. The lowest BCUT2D eigenvalue weighted by molar-refractivity contribution is -0.155. The van der Waals surface area contributed by atoms with Crippen LogP contribution in [0.1, 0.15) is 60.1 Å². The molecule has 4 aliphatic carbocycles. The van der Waals surface area contributed by atoms with E-state index in [-0.39, 0.29) is 23.9 Å². The van der Waals surface area contributed by atoms with Crippen LogP contribution in [0.15, 0.2) is 36.5 Å². The third-order valence-corrected chi connectivity index (χ3v) is 8.56. The standard InChI is InChI=1S/C28H31FN4O3/c1-17-24-10-22(14-30-26(24)32(2)31-17)27(35)36-16-25(34)33(15-18-3-5-23(29)6-4-18)28-11-19-7-20(12-28)9-21(8-19)13-28/h3-6,10,14,19-21H,7-9,11-13,15-16H2,1-2H3. The van der Waals surface area contributed by atoms with Crippen LogP contribution in [0.5, 0.6) is 0 Å². The number of carbonyl (C=O) groups excluding carboxylic acids is 2. The highest BCUT2D eigenvalue weighted by Crippen LogP contribution is 2.58. The van der Waals surface area contributed by atoms with Crippen molar-refractivity contribution in [2.24, 2.45) is 24.8 Å². The van der Waals surface area contributed by atoms with E-state index in [1.165, 1.54) is 37.6 Å². The van der Waals surface area contributed by atoms with Gasteiger partial charge in [-0.2, -0.15) is 5.10 Å². The summed E-state index contributed by atoms with van der Waals surface area (Å²) in [7, 11) is 1.80. The summed E-state index contributed by atoms with van der Waals surface area (Å²) in [5.41, 5.74) is 2.44. The van der Waals surface area contributed by atoms with E-state index >= 15 is 0 Å². The Hall–Kier alpha value is -3.29. The molecule has 4 bridgehead atoms. The highest BCUT2D eigenvalue weighted by Gasteiger charge is 2.54. The first-order chi connectivity index (χ1) is 17.3. The predicted octanol–water partition coefficient (Wildman–Crippen LogP) is 4.57. The maximum absolute atomic E-state index is 13.7. The molecule has 4 fully saturated rings. The molecule has 4 saturated carbocycles. The monoisotopic (exact) mass is 490 g/mol. The zero-order valence-electron chi connectivity index (χ0n) is 20.7. The van der Waals surface area contributed by atoms with Crippen molar-refractivity contribution in [1.82, 2.24) is 19.7 Å². The van der Waals surface area contributed by atoms with E-state index in [1.807, 2.05) is 11.8 Å². The largest absolute Gasteiger partial charge is 0.452 e. The molecular formula is C28H31FN4O3. The van der Waals surface area contributed by atoms with E-state index in [9.17, 15) is 14.0 Å². The molecule has 36 heavy (non-hydrogen) atoms. The molecule has 7 rings (SSSR count). The molecule has 7 nitrogen and oxygen atoms in total. The van der Waals surface area contributed by atoms with Gasteiger partial charge in [-0.05, 0) is 87.0 Å². The van der Waals surface area contributed by atoms with Crippen LogP contribution in [0.4, 0.5) is 4.39 Å². The Balaban J connectivity index is 1.22. The molecule has 0 unspecified atom stereocenters. The fourth-order valence-electron chi connectivity index (χ4n) is 7.40. The van der Waals surface area contributed by atoms with Gasteiger partial charge in [0.1, 0.15) is 5.82 Å². The van der Waals surface area contributed by atoms with Crippen molar-refractivity contribution >= 4 is 22.9 Å². The summed E-state index contributed by atoms with van der Waals surface area (Å²) in [6.07, 6.45) is 8.25. The number of benzene rings is 1. The SMILES string of the molecule is Cc1nn(C)c2ncc(C(=O)OCC(=O)N(Cc3ccc(F)cc3)C34CC5CC(CC(C5)C3)C4)cc12. The summed E-state index contributed by atoms with van der Waals surface area (Å²) in [4.78, 5) is 32.9. The van der Waals surface area contributed by atoms with Crippen LogP contribution >= 0.6 is 0 Å². The lowest BCUT2D eigenvalue weighted by atomic mass is 9.52. The van der Waals surface area contributed by atoms with Crippen molar-refractivity contribution in [2.45, 2.75) is 57.5 Å². The van der Waals surface area contributed by atoms with E-state index in [1.54, 1.807) is 29.9 Å². The normalized spacial score (nSPS) is 26.4. The number of pyridine rings is 1. The number of rotatable bonds is 6. The van der Waals surface area contributed by atoms with Gasteiger partial charge in [-0.3, -0.25) is 9.48 Å². The van der Waals surface area contributed by atoms with E-state index in [0.717, 1.165) is 35.9 Å². The average Bonchev–Trinajstić information content (AvgIpc) is 3.13. The van der Waals surface area contributed by atoms with Gasteiger partial charge in [-0.15, -0.1) is 0 Å². The van der Waals surface area contributed by atoms with Gasteiger partial charge >= 0.3 is 5.97 Å². The average molecular weight is 491 g/mol. The molecule has 4 aliphatic rings. The van der Waals surface area contributed by atoms with Crippen LogP contribution in [-0.2, 0) is 23.1 Å². The Labute approximate surface area is 209 Å². The topological polar surface area (TPSA) is 77.3 Å². The Morgan fingerprint density at radius 1 is 1.11 bits per heavy atom. The second kappa shape index (κ2) is 8.68. The highest BCUT2D eigenvalue weighted by molar-refractivity contribution is 5.94. The van der Waals surface area contributed by atoms with Crippen molar-refractivity contribution in [3.63, 3.8) is 0 Å². The number of hydrogen-bond acceptors (Lipinski definition) is 5. The molecule has 8 heteroatoms. The molecule has 0 aliphatic heterocycles. The molecule has 1 amide bonds. The van der Waals surface area contributed by atoms with Crippen molar-refractivity contribution in [3.8, 4) is 0 Å². The highest BCUT2D eigenvalue weighted by atomic mass is 19.1. The molecule has 1 aromatic carbocycles. The van der Waals surface area contributed by atoms with Gasteiger partial charge in [0.2, 0.25) is 0 Å². The Bertz CT molecular complexity index is 1300. The van der Waals surface area contributed by atoms with E-state index in [4.69, 9.17) is 4.74 Å². The third kappa shape index (κ3) is 4.06. The third-order valence-electron chi connectivity index (χ3n) is 8.56. The minimum absolute atomic E-state index is 0.193. The Kier molecular flexibility index (Phi) is 5.57. The second-order valence-electron chi connectivity index (χ2n) is 11.1. The number of amides is 1. The van der Waals surface area contributed by atoms with E-state index < -0.39 is 5.97 Å². The Morgan fingerprint density at radius 3 is 2.39 bits per heavy atom. The van der Waals surface area contributed by atoms with Gasteiger partial charge in [-0.1, -0.05) is 12.1 Å². The van der Waals surface area contributed by atoms with Gasteiger partial charge in [0.15, 0.2) is 12.3 Å². The smallest absolute Gasteiger partial charge is 0.340 e. The molecule has 0 atom stereocenters. The summed E-state index contributed by atoms with van der Waals surface area (Å²) in [5, 5.41) is 5.12. The first kappa shape index (κ1) is 23.1. The van der Waals surface area contributed by atoms with Gasteiger partial charge in [0.25, 0.3) is 5.91 Å². The fourth-order valence-corrected chi connectivity index (χ4v) is 7.40. The molecule has 2 heterocycles. The number of halogens is 1. The van der Waals surface area contributed by atoms with Gasteiger partial charge in [-0.25, -0.2) is 14.2 Å². The van der Waals surface area contributed by atoms with E-state index in [0.29, 0.717) is 35.5 Å². The minimum atomic E-state index is -0.576. The molecule has 0 N–H and O–H groups in total. The van der Waals surface area contributed by atoms with Crippen LogP contribution in [0.25, 0.3) is 11.0 Å². The summed E-state index contributed by atoms with van der Waals surface area (Å²) in [5.74, 6) is 0.901. The number of carbonyl (C=O) groups is 2. The maximum atomic E-state index is 13.7. The second-order valence-corrected chi connectivity index (χ2v) is 11.1. The summed E-state index contributed by atoms with van der Waals surface area (Å²) in [6, 6.07) is 8.05. The van der Waals surface area contributed by atoms with Crippen molar-refractivity contribution in [1.29, 1.82) is 0 Å². The summed E-state index contributed by atoms with van der Waals surface area (Å²) >= 11 is 0. The summed E-state index contributed by atoms with van der Waals surface area (Å²) in [6.45, 7) is 1.93. The maximum Gasteiger partial charge on any atom is 0.340 e. The summed E-state index contributed by atoms with van der Waals surface area (Å²) < 4.78 is 20.7. The van der Waals surface area contributed by atoms with Crippen molar-refractivity contribution in [2.75, 3.05) is 6.61 Å². The number of aryl methyl sites for hydroxylation is 2. The van der Waals surface area contributed by atoms with Crippen LogP contribution in [0, 0.1) is 30.5 Å². The Morgan fingerprint density at radius 2 is 1.75 bits per heavy atom. The van der Waals surface area contributed by atoms with Crippen molar-refractivity contribution < 1.29 is 18.7 Å². The van der Waals surface area contributed by atoms with Crippen LogP contribution in [0.2, 0.25) is 0 Å². The lowest BCUT2D eigenvalue weighted by Crippen LogP contribution is -2.61. The fraction of sp³-hybridized carbons (Fsp3) is 0.500. The number of hydrogen-bond donors (Lipinski definition) is 0. The van der Waals surface area contributed by atoms with Crippen LogP contribution < -0.4 is 0 Å². The van der Waals surface area contributed by atoms with Gasteiger partial charge < -0.3 is 9.64 Å². The first-order valence-electron chi connectivity index (χ1n) is 12.8. The van der Waals surface area contributed by atoms with Crippen LogP contribution in [0.3, 0.4) is 0 Å². The quantitative estimate of drug-likeness (QED) is 0.473. The lowest BCUT2D eigenvalue weighted by Gasteiger charge is -2.60. The molecule has 2 aromatic heterocycles. The molecular weight excluding hydrogens is 459 g/mol. The molecule has 0 saturated heterocycles. The van der Waals surface area contributed by atoms with Crippen LogP contribution in [-0.4, -0.2) is 43.7 Å². The zero-order valence-corrected chi connectivity index (χ0v) is 20.7. The molecule has 3 aromatic rings. The van der Waals surface area contributed by atoms with Gasteiger partial charge in [0.05, 0.1) is 11.3 Å². The molecule has 0 spiro atoms. The molecule has 188 valence electrons. The number of nitrogens with zero attached hydrogens (tertiary/aromatic N) is 4. The predicted molar refractivity (Wildman–Crippen MR) is 131 cm³/mol. The number of aromatic nitrogens is 3.